The molecule has 0 aromatic rings. The summed E-state index contributed by atoms with van der Waals surface area (Å²) >= 11 is 0. The molecule has 0 fully saturated rings. The van der Waals surface area contributed by atoms with Crippen LogP contribution in [0, 0.1) is 5.92 Å². The zero-order valence-corrected chi connectivity index (χ0v) is 8.32. The Hall–Kier alpha value is 0.774. The second-order valence-corrected chi connectivity index (χ2v) is 1.86. The molecule has 0 saturated heterocycles. The fourth-order valence-electron chi connectivity index (χ4n) is 0.287. The molecule has 0 amide bonds. The van der Waals surface area contributed by atoms with Crippen molar-refractivity contribution in [1.82, 2.24) is 0 Å². The van der Waals surface area contributed by atoms with E-state index >= 15 is 0 Å². The molecule has 0 aliphatic heterocycles. The van der Waals surface area contributed by atoms with Crippen LogP contribution >= 0.6 is 0 Å². The van der Waals surface area contributed by atoms with E-state index in [0.29, 0.717) is 12.3 Å². The van der Waals surface area contributed by atoms with E-state index in [4.69, 9.17) is 0 Å². The van der Waals surface area contributed by atoms with Crippen molar-refractivity contribution in [2.24, 2.45) is 5.92 Å². The molecule has 1 unspecified atom stereocenters. The van der Waals surface area contributed by atoms with Gasteiger partial charge in [0.15, 0.2) is 0 Å². The van der Waals surface area contributed by atoms with Crippen molar-refractivity contribution >= 4 is 6.29 Å². The van der Waals surface area contributed by atoms with Gasteiger partial charge >= 0.3 is 32.7 Å². The van der Waals surface area contributed by atoms with Crippen molar-refractivity contribution < 1.29 is 37.5 Å². The first-order chi connectivity index (χ1) is 3.31. The summed E-state index contributed by atoms with van der Waals surface area (Å²) < 4.78 is 0. The van der Waals surface area contributed by atoms with Gasteiger partial charge < -0.3 is 4.79 Å². The normalized spacial score (nSPS) is 11.8. The van der Waals surface area contributed by atoms with E-state index in [9.17, 15) is 4.79 Å². The smallest absolute Gasteiger partial charge is 0.542 e. The molecular weight excluding hydrogens is 177 g/mol. The third-order valence-electron chi connectivity index (χ3n) is 1.13. The van der Waals surface area contributed by atoms with Crippen LogP contribution in [-0.2, 0) is 37.5 Å². The first-order valence-corrected chi connectivity index (χ1v) is 2.66. The zero-order valence-electron chi connectivity index (χ0n) is 5.48. The number of rotatable bonds is 3. The first kappa shape index (κ1) is 11.6. The minimum absolute atomic E-state index is 0. The Morgan fingerprint density at radius 3 is 2.25 bits per heavy atom. The SMILES string of the molecule is CCC(C)C[C-]=O.[Y+3]. The topological polar surface area (TPSA) is 17.1 Å². The maximum absolute atomic E-state index is 9.65. The summed E-state index contributed by atoms with van der Waals surface area (Å²) in [4.78, 5) is 9.65. The van der Waals surface area contributed by atoms with Crippen molar-refractivity contribution in [3.05, 3.63) is 0 Å². The summed E-state index contributed by atoms with van der Waals surface area (Å²) in [5.74, 6) is 0.525. The third kappa shape index (κ3) is 6.77. The second-order valence-electron chi connectivity index (χ2n) is 1.86. The summed E-state index contributed by atoms with van der Waals surface area (Å²) in [6.07, 6.45) is 3.54. The van der Waals surface area contributed by atoms with Crippen molar-refractivity contribution in [3.8, 4) is 0 Å². The fraction of sp³-hybridized carbons (Fsp3) is 0.833. The van der Waals surface area contributed by atoms with Gasteiger partial charge in [-0.25, -0.2) is 0 Å². The molecule has 1 atom stereocenters. The monoisotopic (exact) mass is 188 g/mol. The molecule has 0 radical (unpaired) electrons. The van der Waals surface area contributed by atoms with Crippen molar-refractivity contribution in [3.63, 3.8) is 0 Å². The van der Waals surface area contributed by atoms with E-state index < -0.39 is 0 Å². The summed E-state index contributed by atoms with van der Waals surface area (Å²) in [5.41, 5.74) is 0. The van der Waals surface area contributed by atoms with Gasteiger partial charge in [0.2, 0.25) is 0 Å². The molecule has 2 heteroatoms. The van der Waals surface area contributed by atoms with Crippen LogP contribution in [0.15, 0.2) is 0 Å². The van der Waals surface area contributed by atoms with Crippen LogP contribution in [0.25, 0.3) is 0 Å². The first-order valence-electron chi connectivity index (χ1n) is 2.66. The minimum atomic E-state index is 0. The van der Waals surface area contributed by atoms with Crippen LogP contribution in [0.3, 0.4) is 0 Å². The van der Waals surface area contributed by atoms with Gasteiger partial charge in [-0.1, -0.05) is 26.2 Å². The second kappa shape index (κ2) is 7.77. The van der Waals surface area contributed by atoms with Crippen LogP contribution < -0.4 is 0 Å². The predicted molar refractivity (Wildman–Crippen MR) is 29.8 cm³/mol. The average molecular weight is 188 g/mol. The Bertz CT molecular complexity index is 54.5. The van der Waals surface area contributed by atoms with E-state index in [-0.39, 0.29) is 32.7 Å². The summed E-state index contributed by atoms with van der Waals surface area (Å²) in [6.45, 7) is 4.12. The molecule has 0 N–H and O–H groups in total. The Morgan fingerprint density at radius 1 is 1.62 bits per heavy atom. The van der Waals surface area contributed by atoms with E-state index in [0.717, 1.165) is 6.42 Å². The number of hydrogen-bond acceptors (Lipinski definition) is 1. The van der Waals surface area contributed by atoms with E-state index in [1.165, 1.54) is 0 Å². The minimum Gasteiger partial charge on any atom is -0.542 e. The van der Waals surface area contributed by atoms with Gasteiger partial charge in [-0.05, 0) is 0 Å². The Morgan fingerprint density at radius 2 is 2.12 bits per heavy atom. The molecule has 0 aromatic heterocycles. The summed E-state index contributed by atoms with van der Waals surface area (Å²) in [7, 11) is 0. The van der Waals surface area contributed by atoms with Gasteiger partial charge in [-0.2, -0.15) is 0 Å². The molecular formula is C6H11OY+2. The van der Waals surface area contributed by atoms with Gasteiger partial charge in [-0.15, -0.1) is 6.42 Å². The fourth-order valence-corrected chi connectivity index (χ4v) is 0.287. The van der Waals surface area contributed by atoms with Gasteiger partial charge in [0.05, 0.1) is 0 Å². The van der Waals surface area contributed by atoms with Crippen LogP contribution in [0.4, 0.5) is 0 Å². The average Bonchev–Trinajstić information content (AvgIpc) is 1.68. The largest absolute Gasteiger partial charge is 3.00 e. The molecule has 0 bridgehead atoms. The summed E-state index contributed by atoms with van der Waals surface area (Å²) in [5, 5.41) is 0. The maximum Gasteiger partial charge on any atom is 3.00 e. The molecule has 1 nitrogen and oxygen atoms in total. The number of hydrogen-bond donors (Lipinski definition) is 0. The van der Waals surface area contributed by atoms with E-state index in [1.807, 2.05) is 13.2 Å². The van der Waals surface area contributed by atoms with Crippen molar-refractivity contribution in [2.75, 3.05) is 0 Å². The Labute approximate surface area is 76.1 Å². The zero-order chi connectivity index (χ0) is 5.70. The van der Waals surface area contributed by atoms with Crippen molar-refractivity contribution in [1.29, 1.82) is 0 Å². The molecule has 0 spiro atoms. The molecule has 0 heterocycles. The standard InChI is InChI=1S/C6H11O.Y/c1-3-6(2)4-5-7;/h6H,3-4H2,1-2H3;/q-1;+3. The molecule has 0 aliphatic carbocycles. The molecule has 8 heavy (non-hydrogen) atoms. The van der Waals surface area contributed by atoms with E-state index in [2.05, 4.69) is 6.92 Å². The van der Waals surface area contributed by atoms with Crippen LogP contribution in [0.2, 0.25) is 0 Å². The Balaban J connectivity index is 0. The van der Waals surface area contributed by atoms with Crippen molar-refractivity contribution in [2.45, 2.75) is 26.7 Å². The Kier molecular flexibility index (Phi) is 11.2. The van der Waals surface area contributed by atoms with Gasteiger partial charge in [0.25, 0.3) is 0 Å². The third-order valence-corrected chi connectivity index (χ3v) is 1.13. The van der Waals surface area contributed by atoms with Gasteiger partial charge in [-0.3, -0.25) is 6.29 Å². The molecule has 0 rings (SSSR count). The molecule has 0 aliphatic rings. The molecule has 42 valence electrons. The molecule has 0 saturated carbocycles. The van der Waals surface area contributed by atoms with E-state index in [1.54, 1.807) is 0 Å². The number of carbonyl (C=O) groups excluding carboxylic acids is 1. The van der Waals surface area contributed by atoms with Crippen LogP contribution in [0.1, 0.15) is 26.7 Å². The predicted octanol–water partition coefficient (Wildman–Crippen LogP) is 1.53. The van der Waals surface area contributed by atoms with Crippen LogP contribution in [-0.4, -0.2) is 6.29 Å². The van der Waals surface area contributed by atoms with Gasteiger partial charge in [0, 0.05) is 0 Å². The van der Waals surface area contributed by atoms with Crippen LogP contribution in [0.5, 0.6) is 0 Å². The van der Waals surface area contributed by atoms with Gasteiger partial charge in [0.1, 0.15) is 0 Å². The molecule has 0 aromatic carbocycles. The summed E-state index contributed by atoms with van der Waals surface area (Å²) in [6, 6.07) is 0. The quantitative estimate of drug-likeness (QED) is 0.613. The maximum atomic E-state index is 9.65.